The van der Waals surface area contributed by atoms with Crippen LogP contribution in [0.4, 0.5) is 0 Å². The van der Waals surface area contributed by atoms with Gasteiger partial charge >= 0.3 is 5.97 Å². The van der Waals surface area contributed by atoms with E-state index in [9.17, 15) is 4.79 Å². The van der Waals surface area contributed by atoms with E-state index in [1.807, 2.05) is 6.92 Å². The Labute approximate surface area is 94.9 Å². The Bertz CT molecular complexity index is 379. The minimum atomic E-state index is -0.767. The van der Waals surface area contributed by atoms with Crippen molar-refractivity contribution >= 4 is 18.4 Å². The lowest BCUT2D eigenvalue weighted by molar-refractivity contribution is -0.139. The molecular formula is C11H14ClNO2. The molecule has 0 bridgehead atoms. The number of carbonyl (C=O) groups is 1. The Morgan fingerprint density at radius 2 is 2.20 bits per heavy atom. The van der Waals surface area contributed by atoms with Gasteiger partial charge in [0.2, 0.25) is 0 Å². The van der Waals surface area contributed by atoms with Crippen molar-refractivity contribution in [1.82, 2.24) is 5.32 Å². The number of hydrogen-bond acceptors (Lipinski definition) is 2. The van der Waals surface area contributed by atoms with E-state index in [1.165, 1.54) is 11.1 Å². The Kier molecular flexibility index (Phi) is 3.72. The van der Waals surface area contributed by atoms with Crippen LogP contribution in [0.15, 0.2) is 18.2 Å². The number of benzene rings is 1. The van der Waals surface area contributed by atoms with Crippen LogP contribution in [0.2, 0.25) is 0 Å². The molecule has 1 aliphatic heterocycles. The third kappa shape index (κ3) is 2.49. The lowest BCUT2D eigenvalue weighted by atomic mass is 9.94. The molecule has 0 saturated carbocycles. The van der Waals surface area contributed by atoms with E-state index >= 15 is 0 Å². The molecule has 0 aromatic heterocycles. The van der Waals surface area contributed by atoms with Gasteiger partial charge in [-0.25, -0.2) is 0 Å². The average molecular weight is 228 g/mol. The van der Waals surface area contributed by atoms with Crippen LogP contribution < -0.4 is 5.32 Å². The number of carboxylic acids is 1. The number of fused-ring (bicyclic) bond motifs is 1. The molecule has 1 aromatic carbocycles. The van der Waals surface area contributed by atoms with Gasteiger partial charge < -0.3 is 10.4 Å². The highest BCUT2D eigenvalue weighted by atomic mass is 35.5. The molecule has 0 saturated heterocycles. The first-order valence-electron chi connectivity index (χ1n) is 4.71. The maximum absolute atomic E-state index is 10.8. The van der Waals surface area contributed by atoms with Crippen LogP contribution in [0, 0.1) is 6.92 Å². The van der Waals surface area contributed by atoms with Crippen LogP contribution >= 0.6 is 12.4 Å². The van der Waals surface area contributed by atoms with Crippen LogP contribution in [0.5, 0.6) is 0 Å². The van der Waals surface area contributed by atoms with E-state index in [0.717, 1.165) is 5.56 Å². The van der Waals surface area contributed by atoms with Gasteiger partial charge in [-0.15, -0.1) is 12.4 Å². The molecule has 0 aliphatic carbocycles. The van der Waals surface area contributed by atoms with Crippen molar-refractivity contribution in [2.75, 3.05) is 0 Å². The van der Waals surface area contributed by atoms with E-state index in [2.05, 4.69) is 23.5 Å². The smallest absolute Gasteiger partial charge is 0.321 e. The molecule has 0 unspecified atom stereocenters. The van der Waals surface area contributed by atoms with Gasteiger partial charge in [0.05, 0.1) is 0 Å². The van der Waals surface area contributed by atoms with E-state index in [4.69, 9.17) is 5.11 Å². The van der Waals surface area contributed by atoms with Gasteiger partial charge in [-0.2, -0.15) is 0 Å². The van der Waals surface area contributed by atoms with Gasteiger partial charge in [0, 0.05) is 6.54 Å². The van der Waals surface area contributed by atoms with E-state index in [1.54, 1.807) is 0 Å². The van der Waals surface area contributed by atoms with Crippen LogP contribution in [0.25, 0.3) is 0 Å². The molecule has 2 rings (SSSR count). The molecule has 0 radical (unpaired) electrons. The number of hydrogen-bond donors (Lipinski definition) is 2. The molecule has 1 atom stereocenters. The van der Waals surface area contributed by atoms with Crippen LogP contribution in [0.1, 0.15) is 16.7 Å². The minimum Gasteiger partial charge on any atom is -0.480 e. The molecule has 82 valence electrons. The van der Waals surface area contributed by atoms with Crippen molar-refractivity contribution < 1.29 is 9.90 Å². The molecule has 0 spiro atoms. The maximum Gasteiger partial charge on any atom is 0.321 e. The van der Waals surface area contributed by atoms with E-state index in [-0.39, 0.29) is 12.4 Å². The van der Waals surface area contributed by atoms with Crippen molar-refractivity contribution in [2.24, 2.45) is 0 Å². The SMILES string of the molecule is Cc1ccc2c(c1)C[C@H](C(=O)O)NC2.Cl. The third-order valence-electron chi connectivity index (χ3n) is 2.62. The molecule has 15 heavy (non-hydrogen) atoms. The topological polar surface area (TPSA) is 49.3 Å². The number of carboxylic acid groups (broad SMARTS) is 1. The molecule has 1 aromatic rings. The number of rotatable bonds is 1. The predicted octanol–water partition coefficient (Wildman–Crippen LogP) is 1.52. The predicted molar refractivity (Wildman–Crippen MR) is 60.4 cm³/mol. The molecule has 0 fully saturated rings. The summed E-state index contributed by atoms with van der Waals surface area (Å²) in [6.07, 6.45) is 0.590. The number of halogens is 1. The minimum absolute atomic E-state index is 0. The fourth-order valence-electron chi connectivity index (χ4n) is 1.82. The molecule has 1 heterocycles. The molecule has 3 nitrogen and oxygen atoms in total. The largest absolute Gasteiger partial charge is 0.480 e. The second-order valence-electron chi connectivity index (χ2n) is 3.75. The van der Waals surface area contributed by atoms with Crippen LogP contribution in [-0.2, 0) is 17.8 Å². The van der Waals surface area contributed by atoms with Crippen LogP contribution in [0.3, 0.4) is 0 Å². The molecule has 1 aliphatic rings. The fourth-order valence-corrected chi connectivity index (χ4v) is 1.82. The lowest BCUT2D eigenvalue weighted by Gasteiger charge is -2.23. The Morgan fingerprint density at radius 1 is 1.47 bits per heavy atom. The highest BCUT2D eigenvalue weighted by Crippen LogP contribution is 2.18. The summed E-state index contributed by atoms with van der Waals surface area (Å²) in [5.74, 6) is -0.767. The maximum atomic E-state index is 10.8. The summed E-state index contributed by atoms with van der Waals surface area (Å²) in [6.45, 7) is 2.69. The van der Waals surface area contributed by atoms with Gasteiger partial charge in [0.25, 0.3) is 0 Å². The van der Waals surface area contributed by atoms with E-state index in [0.29, 0.717) is 13.0 Å². The highest BCUT2D eigenvalue weighted by molar-refractivity contribution is 5.85. The zero-order chi connectivity index (χ0) is 10.1. The zero-order valence-corrected chi connectivity index (χ0v) is 9.30. The van der Waals surface area contributed by atoms with Crippen molar-refractivity contribution in [3.8, 4) is 0 Å². The standard InChI is InChI=1S/C11H13NO2.ClH/c1-7-2-3-8-6-12-10(11(13)14)5-9(8)4-7;/h2-4,10,12H,5-6H2,1H3,(H,13,14);1H/t10-;/m1./s1. The summed E-state index contributed by atoms with van der Waals surface area (Å²) in [6, 6.07) is 5.77. The highest BCUT2D eigenvalue weighted by Gasteiger charge is 2.23. The lowest BCUT2D eigenvalue weighted by Crippen LogP contribution is -2.41. The summed E-state index contributed by atoms with van der Waals surface area (Å²) >= 11 is 0. The zero-order valence-electron chi connectivity index (χ0n) is 8.49. The second kappa shape index (κ2) is 4.64. The quantitative estimate of drug-likeness (QED) is 0.765. The Balaban J connectivity index is 0.00000112. The number of aryl methyl sites for hydroxylation is 1. The number of nitrogens with one attached hydrogen (secondary N) is 1. The molecule has 4 heteroatoms. The molecule has 2 N–H and O–H groups in total. The van der Waals surface area contributed by atoms with Gasteiger partial charge in [0.1, 0.15) is 6.04 Å². The molecular weight excluding hydrogens is 214 g/mol. The summed E-state index contributed by atoms with van der Waals surface area (Å²) in [7, 11) is 0. The summed E-state index contributed by atoms with van der Waals surface area (Å²) < 4.78 is 0. The first-order chi connectivity index (χ1) is 6.66. The first-order valence-corrected chi connectivity index (χ1v) is 4.71. The second-order valence-corrected chi connectivity index (χ2v) is 3.75. The Hall–Kier alpha value is -1.06. The summed E-state index contributed by atoms with van der Waals surface area (Å²) in [4.78, 5) is 10.8. The first kappa shape index (κ1) is 12.0. The fraction of sp³-hybridized carbons (Fsp3) is 0.364. The van der Waals surface area contributed by atoms with Crippen molar-refractivity contribution in [3.63, 3.8) is 0 Å². The van der Waals surface area contributed by atoms with Crippen molar-refractivity contribution in [3.05, 3.63) is 34.9 Å². The third-order valence-corrected chi connectivity index (χ3v) is 2.62. The molecule has 0 amide bonds. The summed E-state index contributed by atoms with van der Waals surface area (Å²) in [5, 5.41) is 11.9. The van der Waals surface area contributed by atoms with Gasteiger partial charge in [-0.1, -0.05) is 23.8 Å². The monoisotopic (exact) mass is 227 g/mol. The van der Waals surface area contributed by atoms with Crippen molar-refractivity contribution in [2.45, 2.75) is 25.9 Å². The van der Waals surface area contributed by atoms with Gasteiger partial charge in [0.15, 0.2) is 0 Å². The summed E-state index contributed by atoms with van der Waals surface area (Å²) in [5.41, 5.74) is 3.57. The Morgan fingerprint density at radius 3 is 2.87 bits per heavy atom. The van der Waals surface area contributed by atoms with Gasteiger partial charge in [-0.05, 0) is 24.5 Å². The number of aliphatic carboxylic acids is 1. The van der Waals surface area contributed by atoms with E-state index < -0.39 is 12.0 Å². The van der Waals surface area contributed by atoms with Crippen molar-refractivity contribution in [1.29, 1.82) is 0 Å². The average Bonchev–Trinajstić information content (AvgIpc) is 2.16. The normalized spacial score (nSPS) is 18.9. The van der Waals surface area contributed by atoms with Crippen LogP contribution in [-0.4, -0.2) is 17.1 Å². The van der Waals surface area contributed by atoms with Gasteiger partial charge in [-0.3, -0.25) is 4.79 Å².